The quantitative estimate of drug-likeness (QED) is 0.724. The molecule has 2 rings (SSSR count). The van der Waals surface area contributed by atoms with E-state index < -0.39 is 9.84 Å². The van der Waals surface area contributed by atoms with Crippen molar-refractivity contribution in [1.29, 1.82) is 0 Å². The number of aromatic nitrogens is 1. The van der Waals surface area contributed by atoms with Gasteiger partial charge in [-0.1, -0.05) is 6.92 Å². The number of sulfone groups is 1. The van der Waals surface area contributed by atoms with Crippen molar-refractivity contribution in [2.24, 2.45) is 5.92 Å². The van der Waals surface area contributed by atoms with Gasteiger partial charge in [-0.05, 0) is 18.9 Å². The molecule has 0 aliphatic heterocycles. The van der Waals surface area contributed by atoms with Crippen molar-refractivity contribution in [3.8, 4) is 0 Å². The lowest BCUT2D eigenvalue weighted by Gasteiger charge is -2.02. The Labute approximate surface area is 102 Å². The van der Waals surface area contributed by atoms with E-state index >= 15 is 0 Å². The summed E-state index contributed by atoms with van der Waals surface area (Å²) in [6.07, 6.45) is 5.52. The van der Waals surface area contributed by atoms with Gasteiger partial charge in [0, 0.05) is 36.2 Å². The van der Waals surface area contributed by atoms with Gasteiger partial charge in [-0.15, -0.1) is 0 Å². The molecule has 0 radical (unpaired) electrons. The van der Waals surface area contributed by atoms with E-state index in [4.69, 9.17) is 0 Å². The Morgan fingerprint density at radius 3 is 2.76 bits per heavy atom. The number of rotatable bonds is 6. The van der Waals surface area contributed by atoms with Crippen LogP contribution < -0.4 is 0 Å². The smallest absolute Gasteiger partial charge is 0.167 e. The van der Waals surface area contributed by atoms with E-state index in [-0.39, 0.29) is 23.2 Å². The fourth-order valence-electron chi connectivity index (χ4n) is 1.70. The van der Waals surface area contributed by atoms with Gasteiger partial charge in [-0.25, -0.2) is 8.42 Å². The summed E-state index contributed by atoms with van der Waals surface area (Å²) in [4.78, 5) is 11.7. The van der Waals surface area contributed by atoms with Crippen LogP contribution in [0, 0.1) is 5.92 Å². The molecule has 1 fully saturated rings. The standard InChI is InChI=1S/C12H17NO3S/c1-2-17(15,16)8-7-13-6-5-11(9-13)12(14)10-3-4-10/h5-6,9-10H,2-4,7-8H2,1H3. The third-order valence-corrected chi connectivity index (χ3v) is 4.77. The average Bonchev–Trinajstić information content (AvgIpc) is 3.05. The zero-order valence-corrected chi connectivity index (χ0v) is 10.7. The second kappa shape index (κ2) is 4.64. The van der Waals surface area contributed by atoms with Crippen LogP contribution in [0.5, 0.6) is 0 Å². The number of carbonyl (C=O) groups excluding carboxylic acids is 1. The lowest BCUT2D eigenvalue weighted by Crippen LogP contribution is -2.13. The van der Waals surface area contributed by atoms with Gasteiger partial charge in [-0.3, -0.25) is 4.79 Å². The Bertz CT molecular complexity index is 512. The van der Waals surface area contributed by atoms with Crippen LogP contribution in [0.15, 0.2) is 18.5 Å². The third-order valence-electron chi connectivity index (χ3n) is 3.08. The molecule has 0 aromatic carbocycles. The molecule has 94 valence electrons. The number of ketones is 1. The number of Topliss-reactive ketones (excluding diaryl/α,β-unsaturated/α-hetero) is 1. The number of carbonyl (C=O) groups is 1. The Morgan fingerprint density at radius 2 is 2.18 bits per heavy atom. The first kappa shape index (κ1) is 12.4. The molecule has 0 saturated heterocycles. The highest BCUT2D eigenvalue weighted by molar-refractivity contribution is 7.91. The Morgan fingerprint density at radius 1 is 1.47 bits per heavy atom. The van der Waals surface area contributed by atoms with Crippen LogP contribution in [0.1, 0.15) is 30.1 Å². The van der Waals surface area contributed by atoms with Gasteiger partial charge in [0.15, 0.2) is 15.6 Å². The molecule has 0 bridgehead atoms. The Balaban J connectivity index is 1.96. The first-order valence-corrected chi connectivity index (χ1v) is 7.74. The Hall–Kier alpha value is -1.10. The molecule has 0 unspecified atom stereocenters. The maximum Gasteiger partial charge on any atom is 0.167 e. The lowest BCUT2D eigenvalue weighted by molar-refractivity contribution is 0.0967. The van der Waals surface area contributed by atoms with Crippen molar-refractivity contribution >= 4 is 15.6 Å². The van der Waals surface area contributed by atoms with E-state index in [1.165, 1.54) is 0 Å². The molecule has 0 amide bonds. The predicted molar refractivity (Wildman–Crippen MR) is 65.8 cm³/mol. The summed E-state index contributed by atoms with van der Waals surface area (Å²) < 4.78 is 24.5. The normalized spacial score (nSPS) is 16.1. The molecule has 5 heteroatoms. The first-order chi connectivity index (χ1) is 8.02. The van der Waals surface area contributed by atoms with E-state index in [1.807, 2.05) is 0 Å². The van der Waals surface area contributed by atoms with Crippen molar-refractivity contribution < 1.29 is 13.2 Å². The zero-order valence-electron chi connectivity index (χ0n) is 9.93. The number of aryl methyl sites for hydroxylation is 1. The van der Waals surface area contributed by atoms with E-state index in [2.05, 4.69) is 0 Å². The summed E-state index contributed by atoms with van der Waals surface area (Å²) in [6, 6.07) is 1.78. The topological polar surface area (TPSA) is 56.1 Å². The summed E-state index contributed by atoms with van der Waals surface area (Å²) in [5.74, 6) is 0.713. The van der Waals surface area contributed by atoms with Crippen LogP contribution in [0.2, 0.25) is 0 Å². The van der Waals surface area contributed by atoms with Crippen molar-refractivity contribution in [2.75, 3.05) is 11.5 Å². The minimum absolute atomic E-state index is 0.134. The summed E-state index contributed by atoms with van der Waals surface area (Å²) in [5, 5.41) is 0. The van der Waals surface area contributed by atoms with Crippen LogP contribution in [0.4, 0.5) is 0 Å². The van der Waals surface area contributed by atoms with Gasteiger partial charge in [0.2, 0.25) is 0 Å². The van der Waals surface area contributed by atoms with Gasteiger partial charge < -0.3 is 4.57 Å². The van der Waals surface area contributed by atoms with Gasteiger partial charge >= 0.3 is 0 Å². The van der Waals surface area contributed by atoms with Gasteiger partial charge in [0.25, 0.3) is 0 Å². The lowest BCUT2D eigenvalue weighted by atomic mass is 10.1. The Kier molecular flexibility index (Phi) is 3.38. The van der Waals surface area contributed by atoms with Crippen LogP contribution in [0.3, 0.4) is 0 Å². The maximum absolute atomic E-state index is 11.7. The molecule has 1 aliphatic carbocycles. The second-order valence-electron chi connectivity index (χ2n) is 4.51. The molecule has 1 aromatic heterocycles. The van der Waals surface area contributed by atoms with Crippen molar-refractivity contribution in [3.05, 3.63) is 24.0 Å². The third kappa shape index (κ3) is 3.19. The second-order valence-corrected chi connectivity index (χ2v) is 6.99. The molecule has 0 spiro atoms. The number of hydrogen-bond acceptors (Lipinski definition) is 3. The minimum Gasteiger partial charge on any atom is -0.352 e. The van der Waals surface area contributed by atoms with E-state index in [0.29, 0.717) is 12.1 Å². The van der Waals surface area contributed by atoms with Crippen molar-refractivity contribution in [2.45, 2.75) is 26.3 Å². The molecule has 0 N–H and O–H groups in total. The summed E-state index contributed by atoms with van der Waals surface area (Å²) in [5.41, 5.74) is 0.710. The molecule has 1 saturated carbocycles. The highest BCUT2D eigenvalue weighted by Gasteiger charge is 2.30. The highest BCUT2D eigenvalue weighted by atomic mass is 32.2. The van der Waals surface area contributed by atoms with Crippen LogP contribution in [-0.2, 0) is 16.4 Å². The van der Waals surface area contributed by atoms with Gasteiger partial charge in [0.1, 0.15) is 0 Å². The molecule has 1 aliphatic rings. The largest absolute Gasteiger partial charge is 0.352 e. The predicted octanol–water partition coefficient (Wildman–Crippen LogP) is 1.52. The number of nitrogens with zero attached hydrogens (tertiary/aromatic N) is 1. The fraction of sp³-hybridized carbons (Fsp3) is 0.583. The van der Waals surface area contributed by atoms with Gasteiger partial charge in [0.05, 0.1) is 5.75 Å². The summed E-state index contributed by atoms with van der Waals surface area (Å²) in [6.45, 7) is 2.07. The zero-order chi connectivity index (χ0) is 12.5. The van der Waals surface area contributed by atoms with E-state index in [9.17, 15) is 13.2 Å². The van der Waals surface area contributed by atoms with Crippen LogP contribution in [0.25, 0.3) is 0 Å². The fourth-order valence-corrected chi connectivity index (χ4v) is 2.47. The average molecular weight is 255 g/mol. The SMILES string of the molecule is CCS(=O)(=O)CCn1ccc(C(=O)C2CC2)c1. The number of hydrogen-bond donors (Lipinski definition) is 0. The molecule has 1 heterocycles. The molecule has 17 heavy (non-hydrogen) atoms. The van der Waals surface area contributed by atoms with E-state index in [0.717, 1.165) is 12.8 Å². The van der Waals surface area contributed by atoms with Crippen molar-refractivity contribution in [1.82, 2.24) is 4.57 Å². The molecular weight excluding hydrogens is 238 g/mol. The van der Waals surface area contributed by atoms with Crippen LogP contribution >= 0.6 is 0 Å². The first-order valence-electron chi connectivity index (χ1n) is 5.92. The minimum atomic E-state index is -2.94. The monoisotopic (exact) mass is 255 g/mol. The molecule has 1 aromatic rings. The summed E-state index contributed by atoms with van der Waals surface area (Å²) >= 11 is 0. The molecule has 4 nitrogen and oxygen atoms in total. The summed E-state index contributed by atoms with van der Waals surface area (Å²) in [7, 11) is -2.94. The van der Waals surface area contributed by atoms with Crippen LogP contribution in [-0.4, -0.2) is 30.3 Å². The molecular formula is C12H17NO3S. The van der Waals surface area contributed by atoms with E-state index in [1.54, 1.807) is 30.0 Å². The maximum atomic E-state index is 11.7. The highest BCUT2D eigenvalue weighted by Crippen LogP contribution is 2.32. The van der Waals surface area contributed by atoms with Gasteiger partial charge in [-0.2, -0.15) is 0 Å². The molecule has 0 atom stereocenters. The van der Waals surface area contributed by atoms with Crippen molar-refractivity contribution in [3.63, 3.8) is 0 Å².